The number of hydrogen-bond acceptors (Lipinski definition) is 7. The number of methoxy groups -OCH3 is 1. The molecule has 0 radical (unpaired) electrons. The topological polar surface area (TPSA) is 117 Å². The van der Waals surface area contributed by atoms with Gasteiger partial charge in [-0.25, -0.2) is 9.59 Å². The van der Waals surface area contributed by atoms with Crippen molar-refractivity contribution >= 4 is 56.9 Å². The number of rotatable bonds is 4. The number of nitrogens with zero attached hydrogens (tertiary/aromatic N) is 2. The number of esters is 1. The summed E-state index contributed by atoms with van der Waals surface area (Å²) in [6, 6.07) is 4.58. The van der Waals surface area contributed by atoms with Gasteiger partial charge in [-0.2, -0.15) is 5.10 Å². The molecule has 0 aromatic heterocycles. The number of amides is 1. The van der Waals surface area contributed by atoms with Crippen LogP contribution in [0.3, 0.4) is 0 Å². The van der Waals surface area contributed by atoms with E-state index in [2.05, 4.69) is 36.2 Å². The van der Waals surface area contributed by atoms with E-state index in [1.54, 1.807) is 12.1 Å². The van der Waals surface area contributed by atoms with Crippen molar-refractivity contribution in [1.82, 2.24) is 5.32 Å². The molecular formula is C14H10BrN3O5S. The summed E-state index contributed by atoms with van der Waals surface area (Å²) in [5.74, 6) is -2.14. The van der Waals surface area contributed by atoms with Gasteiger partial charge >= 0.3 is 11.9 Å². The summed E-state index contributed by atoms with van der Waals surface area (Å²) >= 11 is 4.12. The Hall–Kier alpha value is -2.46. The van der Waals surface area contributed by atoms with Gasteiger partial charge in [0.05, 0.1) is 23.8 Å². The Morgan fingerprint density at radius 3 is 2.79 bits per heavy atom. The summed E-state index contributed by atoms with van der Waals surface area (Å²) in [6.07, 6.45) is 2.46. The summed E-state index contributed by atoms with van der Waals surface area (Å²) < 4.78 is 4.86. The van der Waals surface area contributed by atoms with Crippen molar-refractivity contribution in [2.75, 3.05) is 7.11 Å². The van der Waals surface area contributed by atoms with E-state index in [1.165, 1.54) is 19.4 Å². The minimum Gasteiger partial charge on any atom is -0.478 e. The maximum atomic E-state index is 11.6. The summed E-state index contributed by atoms with van der Waals surface area (Å²) in [5.41, 5.74) is 0.755. The number of benzene rings is 1. The molecule has 24 heavy (non-hydrogen) atoms. The number of amidine groups is 1. The number of hydrogen-bond donors (Lipinski definition) is 2. The monoisotopic (exact) mass is 411 g/mol. The van der Waals surface area contributed by atoms with Crippen molar-refractivity contribution in [3.05, 3.63) is 44.8 Å². The van der Waals surface area contributed by atoms with Crippen LogP contribution in [0.4, 0.5) is 0 Å². The van der Waals surface area contributed by atoms with Gasteiger partial charge in [0, 0.05) is 10.5 Å². The third-order valence-corrected chi connectivity index (χ3v) is 4.24. The predicted molar refractivity (Wildman–Crippen MR) is 92.0 cm³/mol. The molecule has 0 saturated carbocycles. The molecule has 1 fully saturated rings. The molecule has 1 heterocycles. The molecule has 1 amide bonds. The van der Waals surface area contributed by atoms with E-state index < -0.39 is 17.8 Å². The largest absolute Gasteiger partial charge is 0.478 e. The number of carbonyl (C=O) groups excluding carboxylic acids is 2. The highest BCUT2D eigenvalue weighted by Gasteiger charge is 2.24. The van der Waals surface area contributed by atoms with E-state index in [-0.39, 0.29) is 15.6 Å². The zero-order chi connectivity index (χ0) is 17.7. The van der Waals surface area contributed by atoms with Gasteiger partial charge in [0.2, 0.25) is 0 Å². The highest BCUT2D eigenvalue weighted by molar-refractivity contribution is 9.10. The molecule has 2 rings (SSSR count). The van der Waals surface area contributed by atoms with Gasteiger partial charge in [0.25, 0.3) is 5.91 Å². The smallest absolute Gasteiger partial charge is 0.336 e. The number of halogens is 1. The minimum absolute atomic E-state index is 0.134. The van der Waals surface area contributed by atoms with Crippen LogP contribution in [0.5, 0.6) is 0 Å². The van der Waals surface area contributed by atoms with Crippen molar-refractivity contribution < 1.29 is 24.2 Å². The summed E-state index contributed by atoms with van der Waals surface area (Å²) in [7, 11) is 1.21. The Kier molecular flexibility index (Phi) is 5.88. The summed E-state index contributed by atoms with van der Waals surface area (Å²) in [4.78, 5) is 33.8. The van der Waals surface area contributed by atoms with Gasteiger partial charge in [-0.15, -0.1) is 5.10 Å². The number of carboxylic acids is 1. The fourth-order valence-corrected chi connectivity index (χ4v) is 2.88. The lowest BCUT2D eigenvalue weighted by Gasteiger charge is -1.99. The van der Waals surface area contributed by atoms with Gasteiger partial charge in [-0.05, 0) is 45.4 Å². The van der Waals surface area contributed by atoms with E-state index in [4.69, 9.17) is 5.11 Å². The molecule has 1 aromatic carbocycles. The fraction of sp³-hybridized carbons (Fsp3) is 0.0714. The highest BCUT2D eigenvalue weighted by atomic mass is 79.9. The zero-order valence-corrected chi connectivity index (χ0v) is 14.6. The van der Waals surface area contributed by atoms with Crippen molar-refractivity contribution in [3.8, 4) is 0 Å². The standard InChI is InChI=1S/C14H10BrN3O5S/c1-23-11(19)5-10-12(20)17-14(24-10)18-16-6-7-2-3-8(13(21)22)9(15)4-7/h2-6H,1H3,(H,21,22)(H,17,18,20)/b10-5+,16-6?. The number of thioether (sulfide) groups is 1. The molecule has 8 nitrogen and oxygen atoms in total. The average molecular weight is 412 g/mol. The Morgan fingerprint density at radius 2 is 2.17 bits per heavy atom. The van der Waals surface area contributed by atoms with Crippen molar-refractivity contribution in [3.63, 3.8) is 0 Å². The number of carbonyl (C=O) groups is 3. The van der Waals surface area contributed by atoms with Crippen LogP contribution in [-0.2, 0) is 14.3 Å². The van der Waals surface area contributed by atoms with Crippen molar-refractivity contribution in [2.24, 2.45) is 10.2 Å². The Balaban J connectivity index is 2.09. The van der Waals surface area contributed by atoms with E-state index in [9.17, 15) is 14.4 Å². The Labute approximate surface area is 148 Å². The average Bonchev–Trinajstić information content (AvgIpc) is 2.86. The molecule has 0 bridgehead atoms. The second-order valence-corrected chi connectivity index (χ2v) is 6.17. The van der Waals surface area contributed by atoms with Crippen molar-refractivity contribution in [1.29, 1.82) is 0 Å². The highest BCUT2D eigenvalue weighted by Crippen LogP contribution is 2.23. The third kappa shape index (κ3) is 4.52. The lowest BCUT2D eigenvalue weighted by molar-refractivity contribution is -0.135. The molecule has 1 aliphatic heterocycles. The minimum atomic E-state index is -1.04. The lowest BCUT2D eigenvalue weighted by atomic mass is 10.1. The van der Waals surface area contributed by atoms with Gasteiger partial charge in [0.1, 0.15) is 0 Å². The molecule has 0 atom stereocenters. The number of carboxylic acid groups (broad SMARTS) is 1. The van der Waals surface area contributed by atoms with Gasteiger partial charge in [-0.3, -0.25) is 10.1 Å². The molecule has 124 valence electrons. The van der Waals surface area contributed by atoms with Crippen LogP contribution in [0.2, 0.25) is 0 Å². The maximum absolute atomic E-state index is 11.6. The molecular weight excluding hydrogens is 402 g/mol. The number of nitrogens with one attached hydrogen (secondary N) is 1. The number of aromatic carboxylic acids is 1. The molecule has 10 heteroatoms. The van der Waals surface area contributed by atoms with Crippen LogP contribution < -0.4 is 5.32 Å². The molecule has 1 aromatic rings. The van der Waals surface area contributed by atoms with Crippen LogP contribution in [-0.4, -0.2) is 41.4 Å². The van der Waals surface area contributed by atoms with Crippen molar-refractivity contribution in [2.45, 2.75) is 0 Å². The quantitative estimate of drug-likeness (QED) is 0.337. The third-order valence-electron chi connectivity index (χ3n) is 2.68. The first-order valence-electron chi connectivity index (χ1n) is 6.33. The van der Waals surface area contributed by atoms with Crippen LogP contribution in [0.25, 0.3) is 0 Å². The normalized spacial score (nSPS) is 17.5. The van der Waals surface area contributed by atoms with E-state index in [0.717, 1.165) is 17.8 Å². The molecule has 1 saturated heterocycles. The van der Waals surface area contributed by atoms with Crippen LogP contribution in [0.15, 0.2) is 43.9 Å². The SMILES string of the molecule is COC(=O)/C=C1/S/C(=N\N=Cc2ccc(C(=O)O)c(Br)c2)NC1=O. The van der Waals surface area contributed by atoms with E-state index >= 15 is 0 Å². The molecule has 2 N–H and O–H groups in total. The summed E-state index contributed by atoms with van der Waals surface area (Å²) in [5, 5.41) is 19.3. The second kappa shape index (κ2) is 7.88. The molecule has 0 unspecified atom stereocenters. The molecule has 0 spiro atoms. The van der Waals surface area contributed by atoms with Gasteiger partial charge in [0.15, 0.2) is 5.17 Å². The lowest BCUT2D eigenvalue weighted by Crippen LogP contribution is -2.19. The van der Waals surface area contributed by atoms with E-state index in [1.807, 2.05) is 0 Å². The fourth-order valence-electron chi connectivity index (χ4n) is 1.57. The van der Waals surface area contributed by atoms with Gasteiger partial charge < -0.3 is 9.84 Å². The summed E-state index contributed by atoms with van der Waals surface area (Å²) in [6.45, 7) is 0. The maximum Gasteiger partial charge on any atom is 0.336 e. The molecule has 1 aliphatic rings. The number of ether oxygens (including phenoxy) is 1. The first-order chi connectivity index (χ1) is 11.4. The first kappa shape index (κ1) is 17.9. The van der Waals surface area contributed by atoms with Crippen LogP contribution in [0.1, 0.15) is 15.9 Å². The second-order valence-electron chi connectivity index (χ2n) is 4.28. The van der Waals surface area contributed by atoms with Crippen LogP contribution in [0, 0.1) is 0 Å². The first-order valence-corrected chi connectivity index (χ1v) is 7.94. The Morgan fingerprint density at radius 1 is 1.42 bits per heavy atom. The van der Waals surface area contributed by atoms with Gasteiger partial charge in [-0.1, -0.05) is 6.07 Å². The van der Waals surface area contributed by atoms with E-state index in [0.29, 0.717) is 10.0 Å². The zero-order valence-electron chi connectivity index (χ0n) is 12.1. The Bertz CT molecular complexity index is 804. The van der Waals surface area contributed by atoms with Crippen LogP contribution >= 0.6 is 27.7 Å². The molecule has 0 aliphatic carbocycles. The predicted octanol–water partition coefficient (Wildman–Crippen LogP) is 1.76.